The number of nitrogens with one attached hydrogen (secondary N) is 1. The SMILES string of the molecule is COc1ccc(CNC(=O)C2C[C@H]3CCC[C@@H](C2)C32SCCS2)cc1. The van der Waals surface area contributed by atoms with Crippen molar-refractivity contribution in [1.29, 1.82) is 0 Å². The van der Waals surface area contributed by atoms with Gasteiger partial charge in [0.1, 0.15) is 5.75 Å². The lowest BCUT2D eigenvalue weighted by molar-refractivity contribution is -0.127. The Labute approximate surface area is 159 Å². The van der Waals surface area contributed by atoms with Crippen LogP contribution in [0.4, 0.5) is 0 Å². The highest BCUT2D eigenvalue weighted by molar-refractivity contribution is 8.21. The number of carbonyl (C=O) groups excluding carboxylic acids is 1. The minimum Gasteiger partial charge on any atom is -0.497 e. The molecular formula is C20H27NO2S2. The number of rotatable bonds is 4. The van der Waals surface area contributed by atoms with E-state index in [2.05, 4.69) is 28.8 Å². The van der Waals surface area contributed by atoms with Crippen molar-refractivity contribution in [2.45, 2.75) is 42.7 Å². The minimum atomic E-state index is 0.209. The van der Waals surface area contributed by atoms with Gasteiger partial charge < -0.3 is 10.1 Å². The van der Waals surface area contributed by atoms with Crippen LogP contribution in [0.15, 0.2) is 24.3 Å². The molecule has 2 bridgehead atoms. The highest BCUT2D eigenvalue weighted by atomic mass is 32.2. The summed E-state index contributed by atoms with van der Waals surface area (Å²) in [5.74, 6) is 5.38. The van der Waals surface area contributed by atoms with E-state index in [0.717, 1.165) is 36.0 Å². The molecule has 3 nitrogen and oxygen atoms in total. The van der Waals surface area contributed by atoms with Gasteiger partial charge in [-0.25, -0.2) is 0 Å². The van der Waals surface area contributed by atoms with Gasteiger partial charge in [-0.1, -0.05) is 18.6 Å². The van der Waals surface area contributed by atoms with Crippen molar-refractivity contribution in [1.82, 2.24) is 5.32 Å². The molecule has 1 unspecified atom stereocenters. The Bertz CT molecular complexity index is 597. The molecule has 1 N–H and O–H groups in total. The van der Waals surface area contributed by atoms with Crippen molar-refractivity contribution in [2.24, 2.45) is 17.8 Å². The molecule has 136 valence electrons. The van der Waals surface area contributed by atoms with Crippen LogP contribution in [-0.2, 0) is 11.3 Å². The van der Waals surface area contributed by atoms with Crippen LogP contribution < -0.4 is 10.1 Å². The Hall–Kier alpha value is -0.810. The second-order valence-corrected chi connectivity index (χ2v) is 10.5. The molecule has 5 heteroatoms. The van der Waals surface area contributed by atoms with E-state index < -0.39 is 0 Å². The number of amides is 1. The fourth-order valence-corrected chi connectivity index (χ4v) is 8.84. The quantitative estimate of drug-likeness (QED) is 0.848. The van der Waals surface area contributed by atoms with Crippen molar-refractivity contribution >= 4 is 29.4 Å². The predicted octanol–water partition coefficient (Wildman–Crippen LogP) is 4.31. The lowest BCUT2D eigenvalue weighted by Crippen LogP contribution is -2.49. The zero-order chi connectivity index (χ0) is 17.3. The summed E-state index contributed by atoms with van der Waals surface area (Å²) in [6, 6.07) is 7.95. The van der Waals surface area contributed by atoms with Gasteiger partial charge in [0.05, 0.1) is 11.2 Å². The van der Waals surface area contributed by atoms with Crippen molar-refractivity contribution in [3.63, 3.8) is 0 Å². The number of carbonyl (C=O) groups is 1. The van der Waals surface area contributed by atoms with E-state index in [1.165, 1.54) is 30.8 Å². The maximum Gasteiger partial charge on any atom is 0.223 e. The predicted molar refractivity (Wildman–Crippen MR) is 106 cm³/mol. The first-order chi connectivity index (χ1) is 12.2. The molecule has 1 saturated heterocycles. The van der Waals surface area contributed by atoms with Gasteiger partial charge in [0, 0.05) is 24.0 Å². The van der Waals surface area contributed by atoms with Crippen molar-refractivity contribution in [3.05, 3.63) is 29.8 Å². The van der Waals surface area contributed by atoms with Crippen LogP contribution in [0, 0.1) is 17.8 Å². The molecule has 2 saturated carbocycles. The average molecular weight is 378 g/mol. The molecule has 0 aromatic heterocycles. The molecule has 3 atom stereocenters. The van der Waals surface area contributed by atoms with Gasteiger partial charge in [0.15, 0.2) is 0 Å². The van der Waals surface area contributed by atoms with E-state index in [1.54, 1.807) is 7.11 Å². The van der Waals surface area contributed by atoms with Crippen LogP contribution in [0.5, 0.6) is 5.75 Å². The fourth-order valence-electron chi connectivity index (χ4n) is 4.90. The number of hydrogen-bond acceptors (Lipinski definition) is 4. The van der Waals surface area contributed by atoms with Crippen LogP contribution >= 0.6 is 23.5 Å². The summed E-state index contributed by atoms with van der Waals surface area (Å²) in [6.45, 7) is 0.614. The molecule has 1 aromatic rings. The number of methoxy groups -OCH3 is 1. The molecule has 1 amide bonds. The summed E-state index contributed by atoms with van der Waals surface area (Å²) in [5, 5.41) is 3.18. The van der Waals surface area contributed by atoms with E-state index in [4.69, 9.17) is 4.74 Å². The van der Waals surface area contributed by atoms with Crippen LogP contribution in [-0.4, -0.2) is 28.6 Å². The Morgan fingerprint density at radius 1 is 1.16 bits per heavy atom. The zero-order valence-corrected chi connectivity index (χ0v) is 16.5. The third kappa shape index (κ3) is 3.42. The van der Waals surface area contributed by atoms with Crippen molar-refractivity contribution in [2.75, 3.05) is 18.6 Å². The highest BCUT2D eigenvalue weighted by Crippen LogP contribution is 2.64. The molecule has 1 heterocycles. The topological polar surface area (TPSA) is 38.3 Å². The first kappa shape index (κ1) is 17.6. The second-order valence-electron chi connectivity index (χ2n) is 7.48. The van der Waals surface area contributed by atoms with Crippen molar-refractivity contribution in [3.8, 4) is 5.75 Å². The summed E-state index contributed by atoms with van der Waals surface area (Å²) in [5.41, 5.74) is 1.13. The van der Waals surface area contributed by atoms with Crippen molar-refractivity contribution < 1.29 is 9.53 Å². The summed E-state index contributed by atoms with van der Waals surface area (Å²) in [4.78, 5) is 12.8. The second kappa shape index (κ2) is 7.43. The molecule has 25 heavy (non-hydrogen) atoms. The summed E-state index contributed by atoms with van der Waals surface area (Å²) >= 11 is 4.41. The maximum atomic E-state index is 12.8. The smallest absolute Gasteiger partial charge is 0.223 e. The molecule has 1 aromatic carbocycles. The molecule has 3 aliphatic rings. The molecule has 4 rings (SSSR count). The summed E-state index contributed by atoms with van der Waals surface area (Å²) in [6.07, 6.45) is 6.17. The van der Waals surface area contributed by atoms with Gasteiger partial charge in [-0.15, -0.1) is 23.5 Å². The first-order valence-electron chi connectivity index (χ1n) is 9.40. The Kier molecular flexibility index (Phi) is 5.23. The minimum absolute atomic E-state index is 0.209. The van der Waals surface area contributed by atoms with Crippen LogP contribution in [0.1, 0.15) is 37.7 Å². The third-order valence-electron chi connectivity index (χ3n) is 6.12. The van der Waals surface area contributed by atoms with Gasteiger partial charge in [-0.2, -0.15) is 0 Å². The first-order valence-corrected chi connectivity index (χ1v) is 11.4. The van der Waals surface area contributed by atoms with Gasteiger partial charge in [0.2, 0.25) is 5.91 Å². The molecule has 3 fully saturated rings. The highest BCUT2D eigenvalue weighted by Gasteiger charge is 2.55. The number of ether oxygens (including phenoxy) is 1. The van der Waals surface area contributed by atoms with Crippen LogP contribution in [0.3, 0.4) is 0 Å². The van der Waals surface area contributed by atoms with E-state index in [9.17, 15) is 4.79 Å². The molecule has 1 aliphatic heterocycles. The van der Waals surface area contributed by atoms with E-state index in [0.29, 0.717) is 10.6 Å². The van der Waals surface area contributed by atoms with E-state index in [-0.39, 0.29) is 11.8 Å². The molecule has 0 radical (unpaired) electrons. The van der Waals surface area contributed by atoms with E-state index >= 15 is 0 Å². The lowest BCUT2D eigenvalue weighted by Gasteiger charge is -2.52. The Balaban J connectivity index is 1.36. The summed E-state index contributed by atoms with van der Waals surface area (Å²) in [7, 11) is 1.67. The number of hydrogen-bond donors (Lipinski definition) is 1. The maximum absolute atomic E-state index is 12.8. The summed E-state index contributed by atoms with van der Waals surface area (Å²) < 4.78 is 5.64. The standard InChI is InChI=1S/C20H27NO2S2/c1-23-18-7-5-14(6-8-18)13-21-19(22)15-11-16-3-2-4-17(12-15)20(16)24-9-10-25-20/h5-8,15-17H,2-4,9-13H2,1H3,(H,21,22)/t15?,16-,17+. The normalized spacial score (nSPS) is 30.2. The largest absolute Gasteiger partial charge is 0.497 e. The van der Waals surface area contributed by atoms with Crippen LogP contribution in [0.2, 0.25) is 0 Å². The number of benzene rings is 1. The van der Waals surface area contributed by atoms with E-state index in [1.807, 2.05) is 24.3 Å². The lowest BCUT2D eigenvalue weighted by atomic mass is 9.67. The monoisotopic (exact) mass is 377 g/mol. The molecule has 2 aliphatic carbocycles. The molecule has 1 spiro atoms. The van der Waals surface area contributed by atoms with Gasteiger partial charge >= 0.3 is 0 Å². The number of thioether (sulfide) groups is 2. The Morgan fingerprint density at radius 3 is 2.40 bits per heavy atom. The van der Waals surface area contributed by atoms with Gasteiger partial charge in [-0.3, -0.25) is 4.79 Å². The van der Waals surface area contributed by atoms with Crippen LogP contribution in [0.25, 0.3) is 0 Å². The fraction of sp³-hybridized carbons (Fsp3) is 0.650. The Morgan fingerprint density at radius 2 is 1.80 bits per heavy atom. The van der Waals surface area contributed by atoms with Gasteiger partial charge in [-0.05, 0) is 55.2 Å². The zero-order valence-electron chi connectivity index (χ0n) is 14.8. The third-order valence-corrected chi connectivity index (χ3v) is 10.1. The average Bonchev–Trinajstić information content (AvgIpc) is 3.09. The van der Waals surface area contributed by atoms with Gasteiger partial charge in [0.25, 0.3) is 0 Å². The molecular weight excluding hydrogens is 350 g/mol.